The quantitative estimate of drug-likeness (QED) is 0.822. The van der Waals surface area contributed by atoms with Crippen molar-refractivity contribution in [1.82, 2.24) is 9.97 Å². The predicted octanol–water partition coefficient (Wildman–Crippen LogP) is 1.96. The van der Waals surface area contributed by atoms with E-state index in [0.717, 1.165) is 5.39 Å². The highest BCUT2D eigenvalue weighted by Crippen LogP contribution is 2.38. The molecule has 2 aromatic rings. The van der Waals surface area contributed by atoms with Gasteiger partial charge in [0.2, 0.25) is 5.91 Å². The lowest BCUT2D eigenvalue weighted by Crippen LogP contribution is -2.15. The first-order valence-electron chi connectivity index (χ1n) is 6.00. The van der Waals surface area contributed by atoms with Crippen LogP contribution in [0.1, 0.15) is 6.42 Å². The Bertz CT molecular complexity index is 754. The molecule has 0 saturated heterocycles. The molecule has 0 bridgehead atoms. The number of nitrogens with zero attached hydrogens (tertiary/aromatic N) is 3. The van der Waals surface area contributed by atoms with Crippen molar-refractivity contribution in [2.24, 2.45) is 11.8 Å². The molecule has 0 unspecified atom stereocenters. The van der Waals surface area contributed by atoms with Crippen LogP contribution < -0.4 is 11.1 Å². The number of halogens is 1. The predicted molar refractivity (Wildman–Crippen MR) is 74.8 cm³/mol. The Labute approximate surface area is 119 Å². The van der Waals surface area contributed by atoms with Gasteiger partial charge in [-0.2, -0.15) is 5.26 Å². The highest BCUT2D eigenvalue weighted by Gasteiger charge is 2.43. The van der Waals surface area contributed by atoms with Crippen LogP contribution in [0.4, 0.5) is 11.6 Å². The van der Waals surface area contributed by atoms with Crippen molar-refractivity contribution in [2.45, 2.75) is 6.42 Å². The molecule has 3 N–H and O–H groups in total. The molecule has 0 aliphatic heterocycles. The second kappa shape index (κ2) is 4.62. The molecular formula is C13H10ClN5O. The minimum atomic E-state index is -0.233. The molecular weight excluding hydrogens is 278 g/mol. The zero-order valence-electron chi connectivity index (χ0n) is 10.3. The number of nitrogens with one attached hydrogen (secondary N) is 1. The monoisotopic (exact) mass is 287 g/mol. The SMILES string of the molecule is N#C[C@H]1C[C@@H]1C(=O)Nc1cc2cc(Cl)nc(N)c2cn1. The molecule has 2 atom stereocenters. The molecule has 3 rings (SSSR count). The van der Waals surface area contributed by atoms with E-state index in [1.165, 1.54) is 6.20 Å². The van der Waals surface area contributed by atoms with Gasteiger partial charge in [0.25, 0.3) is 0 Å². The summed E-state index contributed by atoms with van der Waals surface area (Å²) in [5.74, 6) is 0.113. The fourth-order valence-corrected chi connectivity index (χ4v) is 2.26. The van der Waals surface area contributed by atoms with E-state index in [4.69, 9.17) is 22.6 Å². The number of fused-ring (bicyclic) bond motifs is 1. The number of anilines is 2. The number of rotatable bonds is 2. The van der Waals surface area contributed by atoms with Gasteiger partial charge in [-0.25, -0.2) is 9.97 Å². The maximum absolute atomic E-state index is 11.8. The van der Waals surface area contributed by atoms with E-state index < -0.39 is 0 Å². The van der Waals surface area contributed by atoms with Gasteiger partial charge in [0.05, 0.1) is 17.9 Å². The fourth-order valence-electron chi connectivity index (χ4n) is 2.05. The largest absolute Gasteiger partial charge is 0.383 e. The molecule has 7 heteroatoms. The molecule has 20 heavy (non-hydrogen) atoms. The van der Waals surface area contributed by atoms with Gasteiger partial charge in [-0.3, -0.25) is 4.79 Å². The highest BCUT2D eigenvalue weighted by atomic mass is 35.5. The molecule has 0 aromatic carbocycles. The number of aromatic nitrogens is 2. The Morgan fingerprint density at radius 1 is 1.55 bits per heavy atom. The smallest absolute Gasteiger partial charge is 0.230 e. The second-order valence-electron chi connectivity index (χ2n) is 4.69. The van der Waals surface area contributed by atoms with Gasteiger partial charge in [0.15, 0.2) is 0 Å². The van der Waals surface area contributed by atoms with Gasteiger partial charge in [0.1, 0.15) is 16.8 Å². The molecule has 100 valence electrons. The van der Waals surface area contributed by atoms with E-state index in [9.17, 15) is 4.79 Å². The summed E-state index contributed by atoms with van der Waals surface area (Å²) in [5, 5.41) is 13.1. The van der Waals surface area contributed by atoms with Crippen molar-refractivity contribution < 1.29 is 4.79 Å². The average molecular weight is 288 g/mol. The lowest BCUT2D eigenvalue weighted by atomic mass is 10.2. The van der Waals surface area contributed by atoms with Crippen LogP contribution in [0.2, 0.25) is 5.15 Å². The van der Waals surface area contributed by atoms with Crippen LogP contribution in [-0.2, 0) is 4.79 Å². The van der Waals surface area contributed by atoms with Crippen LogP contribution in [0.25, 0.3) is 10.8 Å². The molecule has 1 saturated carbocycles. The van der Waals surface area contributed by atoms with E-state index in [1.54, 1.807) is 12.1 Å². The van der Waals surface area contributed by atoms with Crippen LogP contribution in [-0.4, -0.2) is 15.9 Å². The first kappa shape index (κ1) is 12.6. The Balaban J connectivity index is 1.86. The van der Waals surface area contributed by atoms with Crippen molar-refractivity contribution in [3.8, 4) is 6.07 Å². The highest BCUT2D eigenvalue weighted by molar-refractivity contribution is 6.30. The zero-order valence-corrected chi connectivity index (χ0v) is 11.1. The number of nitriles is 1. The summed E-state index contributed by atoms with van der Waals surface area (Å²) in [6.45, 7) is 0. The molecule has 1 aliphatic rings. The summed E-state index contributed by atoms with van der Waals surface area (Å²) >= 11 is 5.85. The zero-order chi connectivity index (χ0) is 14.3. The third-order valence-electron chi connectivity index (χ3n) is 3.26. The van der Waals surface area contributed by atoms with Crippen molar-refractivity contribution in [3.63, 3.8) is 0 Å². The number of hydrogen-bond acceptors (Lipinski definition) is 5. The number of carbonyl (C=O) groups excluding carboxylic acids is 1. The number of carbonyl (C=O) groups is 1. The van der Waals surface area contributed by atoms with E-state index in [-0.39, 0.29) is 22.9 Å². The molecule has 2 heterocycles. The normalized spacial score (nSPS) is 20.4. The van der Waals surface area contributed by atoms with Crippen LogP contribution in [0.5, 0.6) is 0 Å². The minimum absolute atomic E-state index is 0.176. The number of nitrogen functional groups attached to an aromatic ring is 1. The van der Waals surface area contributed by atoms with E-state index in [2.05, 4.69) is 21.4 Å². The first-order valence-corrected chi connectivity index (χ1v) is 6.38. The lowest BCUT2D eigenvalue weighted by Gasteiger charge is -2.06. The summed E-state index contributed by atoms with van der Waals surface area (Å²) in [6.07, 6.45) is 2.15. The van der Waals surface area contributed by atoms with Crippen molar-refractivity contribution in [1.29, 1.82) is 5.26 Å². The Kier molecular flexibility index (Phi) is 2.92. The van der Waals surface area contributed by atoms with Gasteiger partial charge in [-0.15, -0.1) is 0 Å². The van der Waals surface area contributed by atoms with Gasteiger partial charge in [-0.05, 0) is 23.9 Å². The maximum Gasteiger partial charge on any atom is 0.230 e. The Morgan fingerprint density at radius 3 is 3.05 bits per heavy atom. The minimum Gasteiger partial charge on any atom is -0.383 e. The first-order chi connectivity index (χ1) is 9.58. The summed E-state index contributed by atoms with van der Waals surface area (Å²) in [4.78, 5) is 19.9. The molecule has 2 aromatic heterocycles. The van der Waals surface area contributed by atoms with E-state index >= 15 is 0 Å². The van der Waals surface area contributed by atoms with E-state index in [0.29, 0.717) is 23.4 Å². The summed E-state index contributed by atoms with van der Waals surface area (Å²) in [7, 11) is 0. The topological polar surface area (TPSA) is 105 Å². The number of amides is 1. The van der Waals surface area contributed by atoms with Gasteiger partial charge >= 0.3 is 0 Å². The summed E-state index contributed by atoms with van der Waals surface area (Å²) in [5.41, 5.74) is 5.74. The molecule has 0 radical (unpaired) electrons. The summed E-state index contributed by atoms with van der Waals surface area (Å²) in [6, 6.07) is 5.41. The van der Waals surface area contributed by atoms with Crippen molar-refractivity contribution in [2.75, 3.05) is 11.1 Å². The number of pyridine rings is 2. The third kappa shape index (κ3) is 2.24. The van der Waals surface area contributed by atoms with Crippen LogP contribution in [0, 0.1) is 23.2 Å². The Hall–Kier alpha value is -2.39. The molecule has 6 nitrogen and oxygen atoms in total. The van der Waals surface area contributed by atoms with Gasteiger partial charge < -0.3 is 11.1 Å². The molecule has 1 amide bonds. The third-order valence-corrected chi connectivity index (χ3v) is 3.45. The number of nitrogens with two attached hydrogens (primary N) is 1. The van der Waals surface area contributed by atoms with E-state index in [1.807, 2.05) is 0 Å². The lowest BCUT2D eigenvalue weighted by molar-refractivity contribution is -0.117. The van der Waals surface area contributed by atoms with Crippen LogP contribution in [0.3, 0.4) is 0 Å². The second-order valence-corrected chi connectivity index (χ2v) is 5.08. The van der Waals surface area contributed by atoms with Gasteiger partial charge in [0, 0.05) is 11.6 Å². The molecule has 0 spiro atoms. The average Bonchev–Trinajstić information content (AvgIpc) is 3.17. The maximum atomic E-state index is 11.8. The van der Waals surface area contributed by atoms with Crippen LogP contribution in [0.15, 0.2) is 18.3 Å². The van der Waals surface area contributed by atoms with Gasteiger partial charge in [-0.1, -0.05) is 11.6 Å². The van der Waals surface area contributed by atoms with Crippen molar-refractivity contribution >= 4 is 39.9 Å². The standard InChI is InChI=1S/C13H10ClN5O/c14-10-2-6-3-11(17-5-9(6)12(16)18-10)19-13(20)8-1-7(8)4-15/h2-3,5,7-8H,1H2,(H2,16,18)(H,17,19,20)/t7-,8+/m1/s1. The summed E-state index contributed by atoms with van der Waals surface area (Å²) < 4.78 is 0. The fraction of sp³-hybridized carbons (Fsp3) is 0.231. The van der Waals surface area contributed by atoms with Crippen molar-refractivity contribution in [3.05, 3.63) is 23.5 Å². The van der Waals surface area contributed by atoms with Crippen LogP contribution >= 0.6 is 11.6 Å². The molecule has 1 fully saturated rings. The number of hydrogen-bond donors (Lipinski definition) is 2. The Morgan fingerprint density at radius 2 is 2.35 bits per heavy atom. The molecule has 1 aliphatic carbocycles.